The second-order valence-corrected chi connectivity index (χ2v) is 7.02. The van der Waals surface area contributed by atoms with Crippen LogP contribution in [-0.2, 0) is 9.84 Å². The van der Waals surface area contributed by atoms with E-state index in [0.717, 1.165) is 19.5 Å². The van der Waals surface area contributed by atoms with Crippen molar-refractivity contribution < 1.29 is 8.42 Å². The third-order valence-corrected chi connectivity index (χ3v) is 4.95. The first-order valence-electron chi connectivity index (χ1n) is 5.56. The molecule has 0 spiro atoms. The third kappa shape index (κ3) is 4.70. The van der Waals surface area contributed by atoms with E-state index in [9.17, 15) is 8.42 Å². The molecule has 0 N–H and O–H groups in total. The van der Waals surface area contributed by atoms with Crippen molar-refractivity contribution in [2.75, 3.05) is 37.0 Å². The van der Waals surface area contributed by atoms with Gasteiger partial charge in [0, 0.05) is 24.7 Å². The van der Waals surface area contributed by atoms with Crippen LogP contribution in [0.3, 0.4) is 0 Å². The fourth-order valence-corrected chi connectivity index (χ4v) is 3.05. The quantitative estimate of drug-likeness (QED) is 0.671. The Labute approximate surface area is 97.7 Å². The van der Waals surface area contributed by atoms with Crippen LogP contribution in [0.15, 0.2) is 0 Å². The topological polar surface area (TPSA) is 37.4 Å². The molecule has 90 valence electrons. The number of hydrogen-bond acceptors (Lipinski definition) is 3. The fraction of sp³-hybridized carbons (Fsp3) is 1.00. The molecule has 0 radical (unpaired) electrons. The van der Waals surface area contributed by atoms with Crippen molar-refractivity contribution in [3.05, 3.63) is 0 Å². The average Bonchev–Trinajstić information content (AvgIpc) is 2.64. The van der Waals surface area contributed by atoms with Crippen LogP contribution < -0.4 is 0 Å². The van der Waals surface area contributed by atoms with E-state index in [-0.39, 0.29) is 5.75 Å². The highest BCUT2D eigenvalue weighted by Crippen LogP contribution is 2.19. The van der Waals surface area contributed by atoms with Gasteiger partial charge < -0.3 is 4.90 Å². The van der Waals surface area contributed by atoms with Gasteiger partial charge >= 0.3 is 0 Å². The molecule has 0 aliphatic carbocycles. The van der Waals surface area contributed by atoms with Gasteiger partial charge in [0.25, 0.3) is 0 Å². The minimum Gasteiger partial charge on any atom is -0.302 e. The number of hydrogen-bond donors (Lipinski definition) is 0. The molecule has 1 unspecified atom stereocenters. The lowest BCUT2D eigenvalue weighted by molar-refractivity contribution is 0.341. The Bertz CT molecular complexity index is 279. The molecule has 0 saturated carbocycles. The first kappa shape index (κ1) is 13.3. The second kappa shape index (κ2) is 6.06. The first-order chi connectivity index (χ1) is 7.07. The fourth-order valence-electron chi connectivity index (χ4n) is 1.92. The number of halogens is 1. The molecule has 5 heteroatoms. The van der Waals surface area contributed by atoms with Gasteiger partial charge in [-0.3, -0.25) is 0 Å². The second-order valence-electron chi connectivity index (χ2n) is 4.17. The summed E-state index contributed by atoms with van der Waals surface area (Å²) in [5.41, 5.74) is 0. The molecular weight excluding hydrogens is 234 g/mol. The minimum absolute atomic E-state index is 0.256. The summed E-state index contributed by atoms with van der Waals surface area (Å²) in [5.74, 6) is 1.95. The number of likely N-dealkylation sites (tertiary alicyclic amines) is 1. The molecule has 1 fully saturated rings. The molecule has 0 aromatic carbocycles. The molecule has 3 nitrogen and oxygen atoms in total. The van der Waals surface area contributed by atoms with Gasteiger partial charge in [0.1, 0.15) is 0 Å². The van der Waals surface area contributed by atoms with Gasteiger partial charge in [-0.25, -0.2) is 8.42 Å². The molecule has 0 amide bonds. The van der Waals surface area contributed by atoms with Crippen molar-refractivity contribution in [3.8, 4) is 0 Å². The molecule has 1 aliphatic rings. The van der Waals surface area contributed by atoms with Gasteiger partial charge in [-0.1, -0.05) is 6.92 Å². The molecule has 1 rings (SSSR count). The first-order valence-corrected chi connectivity index (χ1v) is 7.91. The maximum Gasteiger partial charge on any atom is 0.151 e. The van der Waals surface area contributed by atoms with Crippen LogP contribution in [0.2, 0.25) is 0 Å². The minimum atomic E-state index is -2.80. The summed E-state index contributed by atoms with van der Waals surface area (Å²) < 4.78 is 22.6. The smallest absolute Gasteiger partial charge is 0.151 e. The number of rotatable bonds is 6. The molecular formula is C10H20ClNO2S. The lowest BCUT2D eigenvalue weighted by Gasteiger charge is -2.15. The molecule has 0 aromatic rings. The molecule has 1 aliphatic heterocycles. The van der Waals surface area contributed by atoms with Crippen molar-refractivity contribution >= 4 is 21.4 Å². The molecule has 15 heavy (non-hydrogen) atoms. The largest absolute Gasteiger partial charge is 0.302 e. The highest BCUT2D eigenvalue weighted by Gasteiger charge is 2.22. The van der Waals surface area contributed by atoms with E-state index in [1.807, 2.05) is 0 Å². The predicted molar refractivity (Wildman–Crippen MR) is 64.2 cm³/mol. The Hall–Kier alpha value is 0.200. The summed E-state index contributed by atoms with van der Waals surface area (Å²) in [4.78, 5) is 2.24. The maximum atomic E-state index is 11.3. The highest BCUT2D eigenvalue weighted by atomic mass is 35.5. The number of sulfone groups is 1. The molecule has 0 aromatic heterocycles. The van der Waals surface area contributed by atoms with Crippen LogP contribution >= 0.6 is 11.6 Å². The molecule has 1 saturated heterocycles. The van der Waals surface area contributed by atoms with Crippen LogP contribution in [-0.4, -0.2) is 50.3 Å². The summed E-state index contributed by atoms with van der Waals surface area (Å²) in [6, 6.07) is 0. The van der Waals surface area contributed by atoms with Crippen LogP contribution in [0, 0.1) is 5.92 Å². The van der Waals surface area contributed by atoms with Crippen molar-refractivity contribution in [2.24, 2.45) is 5.92 Å². The van der Waals surface area contributed by atoms with E-state index in [1.165, 1.54) is 6.42 Å². The van der Waals surface area contributed by atoms with E-state index < -0.39 is 9.84 Å². The summed E-state index contributed by atoms with van der Waals surface area (Å²) in [5, 5.41) is 0. The van der Waals surface area contributed by atoms with E-state index in [4.69, 9.17) is 11.6 Å². The summed E-state index contributed by atoms with van der Waals surface area (Å²) >= 11 is 5.69. The zero-order valence-electron chi connectivity index (χ0n) is 9.28. The van der Waals surface area contributed by atoms with Crippen molar-refractivity contribution in [2.45, 2.75) is 19.8 Å². The van der Waals surface area contributed by atoms with Gasteiger partial charge in [-0.15, -0.1) is 11.6 Å². The lowest BCUT2D eigenvalue weighted by Crippen LogP contribution is -2.28. The van der Waals surface area contributed by atoms with Crippen molar-refractivity contribution in [1.82, 2.24) is 4.90 Å². The third-order valence-electron chi connectivity index (χ3n) is 3.05. The normalized spacial score (nSPS) is 23.5. The zero-order chi connectivity index (χ0) is 11.3. The highest BCUT2D eigenvalue weighted by molar-refractivity contribution is 7.91. The average molecular weight is 254 g/mol. The maximum absolute atomic E-state index is 11.3. The summed E-state index contributed by atoms with van der Waals surface area (Å²) in [7, 11) is -2.80. The predicted octanol–water partition coefficient (Wildman–Crippen LogP) is 1.37. The van der Waals surface area contributed by atoms with Crippen molar-refractivity contribution in [1.29, 1.82) is 0 Å². The van der Waals surface area contributed by atoms with E-state index in [0.29, 0.717) is 24.1 Å². The van der Waals surface area contributed by atoms with E-state index in [2.05, 4.69) is 4.90 Å². The van der Waals surface area contributed by atoms with Crippen LogP contribution in [0.1, 0.15) is 19.8 Å². The lowest BCUT2D eigenvalue weighted by atomic mass is 10.1. The van der Waals surface area contributed by atoms with Gasteiger partial charge in [0.2, 0.25) is 0 Å². The van der Waals surface area contributed by atoms with E-state index >= 15 is 0 Å². The van der Waals surface area contributed by atoms with Gasteiger partial charge in [0.15, 0.2) is 9.84 Å². The van der Waals surface area contributed by atoms with Crippen LogP contribution in [0.4, 0.5) is 0 Å². The Kier molecular flexibility index (Phi) is 5.36. The zero-order valence-corrected chi connectivity index (χ0v) is 10.9. The summed E-state index contributed by atoms with van der Waals surface area (Å²) in [6.45, 7) is 4.44. The molecule has 1 atom stereocenters. The number of alkyl halides is 1. The van der Waals surface area contributed by atoms with Gasteiger partial charge in [-0.2, -0.15) is 0 Å². The Morgan fingerprint density at radius 3 is 2.80 bits per heavy atom. The summed E-state index contributed by atoms with van der Waals surface area (Å²) in [6.07, 6.45) is 2.22. The Morgan fingerprint density at radius 2 is 2.20 bits per heavy atom. The SMILES string of the molecule is CCS(=O)(=O)CCN1CCC(CCCl)C1. The molecule has 1 heterocycles. The van der Waals surface area contributed by atoms with Gasteiger partial charge in [-0.05, 0) is 25.3 Å². The Balaban J connectivity index is 2.25. The van der Waals surface area contributed by atoms with Crippen LogP contribution in [0.5, 0.6) is 0 Å². The Morgan fingerprint density at radius 1 is 1.47 bits per heavy atom. The monoisotopic (exact) mass is 253 g/mol. The number of nitrogens with zero attached hydrogens (tertiary/aromatic N) is 1. The van der Waals surface area contributed by atoms with Crippen LogP contribution in [0.25, 0.3) is 0 Å². The van der Waals surface area contributed by atoms with E-state index in [1.54, 1.807) is 6.92 Å². The van der Waals surface area contributed by atoms with Gasteiger partial charge in [0.05, 0.1) is 5.75 Å². The molecule has 0 bridgehead atoms. The van der Waals surface area contributed by atoms with Crippen molar-refractivity contribution in [3.63, 3.8) is 0 Å². The standard InChI is InChI=1S/C10H20ClNO2S/c1-2-15(13,14)8-7-12-6-4-10(9-12)3-5-11/h10H,2-9H2,1H3.